The van der Waals surface area contributed by atoms with Gasteiger partial charge in [-0.05, 0) is 31.2 Å². The first kappa shape index (κ1) is 19.1. The van der Waals surface area contributed by atoms with Gasteiger partial charge in [-0.25, -0.2) is 9.67 Å². The van der Waals surface area contributed by atoms with Crippen molar-refractivity contribution in [2.75, 3.05) is 11.9 Å². The van der Waals surface area contributed by atoms with Crippen molar-refractivity contribution in [3.05, 3.63) is 77.0 Å². The maximum atomic E-state index is 12.4. The Labute approximate surface area is 170 Å². The minimum atomic E-state index is -0.391. The van der Waals surface area contributed by atoms with E-state index in [0.29, 0.717) is 33.7 Å². The molecule has 4 rings (SSSR count). The Bertz CT molecular complexity index is 1310. The first-order valence-electron chi connectivity index (χ1n) is 9.07. The molecule has 0 unspecified atom stereocenters. The number of ether oxygens (including phenoxy) is 1. The van der Waals surface area contributed by atoms with Crippen LogP contribution in [0.25, 0.3) is 16.7 Å². The second-order valence-electron chi connectivity index (χ2n) is 6.46. The molecule has 0 radical (unpaired) electrons. The summed E-state index contributed by atoms with van der Waals surface area (Å²) in [5, 5.41) is 7.35. The van der Waals surface area contributed by atoms with Gasteiger partial charge < -0.3 is 15.0 Å². The fraction of sp³-hybridized carbons (Fsp3) is 0.0952. The molecule has 150 valence electrons. The Hall–Kier alpha value is -4.27. The number of aromatic amines is 1. The zero-order valence-electron chi connectivity index (χ0n) is 16.0. The third-order valence-corrected chi connectivity index (χ3v) is 4.39. The van der Waals surface area contributed by atoms with Crippen LogP contribution in [-0.2, 0) is 4.79 Å². The van der Waals surface area contributed by atoms with Crippen LogP contribution in [0.2, 0.25) is 0 Å². The summed E-state index contributed by atoms with van der Waals surface area (Å²) in [5.41, 5.74) is 1.62. The minimum absolute atomic E-state index is 0.0854. The van der Waals surface area contributed by atoms with Crippen molar-refractivity contribution in [1.82, 2.24) is 19.7 Å². The highest BCUT2D eigenvalue weighted by Crippen LogP contribution is 2.22. The van der Waals surface area contributed by atoms with E-state index in [9.17, 15) is 14.4 Å². The summed E-state index contributed by atoms with van der Waals surface area (Å²) >= 11 is 0. The van der Waals surface area contributed by atoms with Crippen LogP contribution in [0.3, 0.4) is 0 Å². The van der Waals surface area contributed by atoms with Gasteiger partial charge in [-0.1, -0.05) is 24.3 Å². The number of rotatable bonds is 6. The molecule has 0 saturated heterocycles. The lowest BCUT2D eigenvalue weighted by molar-refractivity contribution is -0.118. The second-order valence-corrected chi connectivity index (χ2v) is 6.46. The highest BCUT2D eigenvalue weighted by atomic mass is 16.5. The van der Waals surface area contributed by atoms with Gasteiger partial charge in [-0.2, -0.15) is 5.10 Å². The van der Waals surface area contributed by atoms with E-state index in [0.717, 1.165) is 0 Å². The molecule has 0 aliphatic rings. The van der Waals surface area contributed by atoms with E-state index in [2.05, 4.69) is 20.4 Å². The molecule has 9 heteroatoms. The number of benzene rings is 2. The molecule has 4 aromatic rings. The Morgan fingerprint density at radius 3 is 2.83 bits per heavy atom. The van der Waals surface area contributed by atoms with Gasteiger partial charge in [-0.15, -0.1) is 0 Å². The quantitative estimate of drug-likeness (QED) is 0.477. The predicted octanol–water partition coefficient (Wildman–Crippen LogP) is 2.33. The van der Waals surface area contributed by atoms with Gasteiger partial charge in [0.25, 0.3) is 11.5 Å². The molecule has 30 heavy (non-hydrogen) atoms. The molecule has 0 fully saturated rings. The van der Waals surface area contributed by atoms with E-state index in [1.165, 1.54) is 24.1 Å². The molecule has 1 amide bonds. The number of ketones is 1. The Balaban J connectivity index is 1.54. The van der Waals surface area contributed by atoms with Crippen molar-refractivity contribution in [2.45, 2.75) is 6.92 Å². The molecule has 0 aliphatic carbocycles. The van der Waals surface area contributed by atoms with E-state index in [1.54, 1.807) is 48.5 Å². The van der Waals surface area contributed by atoms with Gasteiger partial charge in [-0.3, -0.25) is 14.4 Å². The maximum absolute atomic E-state index is 12.4. The zero-order chi connectivity index (χ0) is 21.1. The summed E-state index contributed by atoms with van der Waals surface area (Å²) in [6.07, 6.45) is 2.72. The van der Waals surface area contributed by atoms with Crippen LogP contribution < -0.4 is 15.6 Å². The number of nitrogens with one attached hydrogen (secondary N) is 2. The number of carbonyl (C=O) groups excluding carboxylic acids is 2. The van der Waals surface area contributed by atoms with Gasteiger partial charge in [0.2, 0.25) is 0 Å². The van der Waals surface area contributed by atoms with Crippen LogP contribution in [0.15, 0.2) is 65.8 Å². The van der Waals surface area contributed by atoms with Crippen molar-refractivity contribution in [1.29, 1.82) is 0 Å². The first-order valence-corrected chi connectivity index (χ1v) is 9.07. The highest BCUT2D eigenvalue weighted by Gasteiger charge is 2.14. The van der Waals surface area contributed by atoms with Crippen LogP contribution in [-0.4, -0.2) is 38.0 Å². The van der Waals surface area contributed by atoms with Gasteiger partial charge in [0.15, 0.2) is 18.0 Å². The topological polar surface area (TPSA) is 119 Å². The number of fused-ring (bicyclic) bond motifs is 1. The maximum Gasteiger partial charge on any atom is 0.262 e. The fourth-order valence-electron chi connectivity index (χ4n) is 2.94. The number of carbonyl (C=O) groups is 2. The van der Waals surface area contributed by atoms with Crippen LogP contribution in [0.5, 0.6) is 5.75 Å². The second kappa shape index (κ2) is 8.00. The molecule has 0 saturated carbocycles. The van der Waals surface area contributed by atoms with Crippen molar-refractivity contribution in [2.24, 2.45) is 0 Å². The number of amides is 1. The average Bonchev–Trinajstić information content (AvgIpc) is 3.18. The zero-order valence-corrected chi connectivity index (χ0v) is 16.0. The molecule has 2 aromatic carbocycles. The van der Waals surface area contributed by atoms with E-state index in [-0.39, 0.29) is 17.9 Å². The molecule has 0 atom stereocenters. The van der Waals surface area contributed by atoms with E-state index >= 15 is 0 Å². The average molecular weight is 403 g/mol. The Morgan fingerprint density at radius 1 is 1.17 bits per heavy atom. The third kappa shape index (κ3) is 3.81. The third-order valence-electron chi connectivity index (χ3n) is 4.39. The van der Waals surface area contributed by atoms with Gasteiger partial charge in [0, 0.05) is 5.56 Å². The van der Waals surface area contributed by atoms with E-state index in [4.69, 9.17) is 4.74 Å². The minimum Gasteiger partial charge on any atom is -0.484 e. The summed E-state index contributed by atoms with van der Waals surface area (Å²) in [5.74, 6) is -0.0525. The van der Waals surface area contributed by atoms with Crippen molar-refractivity contribution < 1.29 is 14.3 Å². The largest absolute Gasteiger partial charge is 0.484 e. The number of nitrogens with zero attached hydrogens (tertiary/aromatic N) is 3. The number of para-hydroxylation sites is 2. The van der Waals surface area contributed by atoms with Gasteiger partial charge >= 0.3 is 0 Å². The fourth-order valence-corrected chi connectivity index (χ4v) is 2.94. The smallest absolute Gasteiger partial charge is 0.262 e. The van der Waals surface area contributed by atoms with Crippen molar-refractivity contribution in [3.8, 4) is 11.4 Å². The molecule has 9 nitrogen and oxygen atoms in total. The number of H-pyrrole nitrogens is 1. The number of aromatic nitrogens is 4. The number of anilines is 1. The predicted molar refractivity (Wildman–Crippen MR) is 110 cm³/mol. The van der Waals surface area contributed by atoms with Gasteiger partial charge in [0.05, 0.1) is 23.9 Å². The SMILES string of the molecule is CC(=O)c1cccc(OCC(=O)Nc2ccccc2-n2ncc3c(=O)[nH]cnc32)c1. The summed E-state index contributed by atoms with van der Waals surface area (Å²) in [6, 6.07) is 13.6. The van der Waals surface area contributed by atoms with E-state index in [1.807, 2.05) is 0 Å². The van der Waals surface area contributed by atoms with Crippen LogP contribution in [0.4, 0.5) is 5.69 Å². The summed E-state index contributed by atoms with van der Waals surface area (Å²) in [6.45, 7) is 1.22. The number of Topliss-reactive ketones (excluding diaryl/α,β-unsaturated/α-hetero) is 1. The van der Waals surface area contributed by atoms with Crippen LogP contribution in [0, 0.1) is 0 Å². The molecule has 2 heterocycles. The molecule has 2 N–H and O–H groups in total. The van der Waals surface area contributed by atoms with Crippen LogP contribution in [0.1, 0.15) is 17.3 Å². The number of hydrogen-bond acceptors (Lipinski definition) is 6. The highest BCUT2D eigenvalue weighted by molar-refractivity contribution is 5.95. The molecule has 0 bridgehead atoms. The molecule has 0 aliphatic heterocycles. The van der Waals surface area contributed by atoms with E-state index < -0.39 is 5.91 Å². The first-order chi connectivity index (χ1) is 14.5. The lowest BCUT2D eigenvalue weighted by atomic mass is 10.1. The lowest BCUT2D eigenvalue weighted by Gasteiger charge is -2.12. The van der Waals surface area contributed by atoms with Crippen molar-refractivity contribution >= 4 is 28.4 Å². The Kier molecular flexibility index (Phi) is 5.08. The number of hydrogen-bond donors (Lipinski definition) is 2. The normalized spacial score (nSPS) is 10.7. The lowest BCUT2D eigenvalue weighted by Crippen LogP contribution is -2.21. The standard InChI is InChI=1S/C21H17N5O4/c1-13(27)14-5-4-6-15(9-14)30-11-19(28)25-17-7-2-3-8-18(17)26-20-16(10-24-26)21(29)23-12-22-20/h2-10,12H,11H2,1H3,(H,25,28)(H,22,23,29). The summed E-state index contributed by atoms with van der Waals surface area (Å²) in [7, 11) is 0. The summed E-state index contributed by atoms with van der Waals surface area (Å²) in [4.78, 5) is 42.5. The van der Waals surface area contributed by atoms with Gasteiger partial charge in [0.1, 0.15) is 11.1 Å². The van der Waals surface area contributed by atoms with Crippen molar-refractivity contribution in [3.63, 3.8) is 0 Å². The summed E-state index contributed by atoms with van der Waals surface area (Å²) < 4.78 is 6.99. The molecular weight excluding hydrogens is 386 g/mol. The molecule has 2 aromatic heterocycles. The molecular formula is C21H17N5O4. The monoisotopic (exact) mass is 403 g/mol. The Morgan fingerprint density at radius 2 is 2.00 bits per heavy atom. The molecule has 0 spiro atoms. The van der Waals surface area contributed by atoms with Crippen LogP contribution >= 0.6 is 0 Å².